The van der Waals surface area contributed by atoms with Gasteiger partial charge >= 0.3 is 0 Å². The summed E-state index contributed by atoms with van der Waals surface area (Å²) in [6, 6.07) is 8.22. The standard InChI is InChI=1S/C17H19FN4O2/c1-12(22-5-7-23-8-6-22)11-20-17-15(10-19)21-16(24-17)13-3-2-4-14(18)9-13/h2-4,9,12,20H,5-8,11H2,1H3/t12-/m1/s1. The molecule has 1 atom stereocenters. The largest absolute Gasteiger partial charge is 0.419 e. The third-order valence-electron chi connectivity index (χ3n) is 4.03. The van der Waals surface area contributed by atoms with E-state index in [0.29, 0.717) is 18.0 Å². The first-order valence-electron chi connectivity index (χ1n) is 7.90. The number of nitriles is 1. The van der Waals surface area contributed by atoms with Crippen molar-refractivity contribution >= 4 is 5.88 Å². The second-order valence-corrected chi connectivity index (χ2v) is 5.70. The summed E-state index contributed by atoms with van der Waals surface area (Å²) in [6.07, 6.45) is 0. The number of hydrogen-bond donors (Lipinski definition) is 1. The van der Waals surface area contributed by atoms with Gasteiger partial charge in [-0.05, 0) is 25.1 Å². The molecule has 0 bridgehead atoms. The Morgan fingerprint density at radius 2 is 2.21 bits per heavy atom. The van der Waals surface area contributed by atoms with Gasteiger partial charge < -0.3 is 14.5 Å². The Morgan fingerprint density at radius 3 is 2.92 bits per heavy atom. The quantitative estimate of drug-likeness (QED) is 0.908. The van der Waals surface area contributed by atoms with Crippen LogP contribution in [-0.4, -0.2) is 48.8 Å². The van der Waals surface area contributed by atoms with Crippen LogP contribution in [0.1, 0.15) is 12.6 Å². The normalized spacial score (nSPS) is 16.5. The van der Waals surface area contributed by atoms with Crippen LogP contribution >= 0.6 is 0 Å². The number of nitrogens with zero attached hydrogens (tertiary/aromatic N) is 3. The summed E-state index contributed by atoms with van der Waals surface area (Å²) in [4.78, 5) is 6.45. The number of oxazole rings is 1. The monoisotopic (exact) mass is 330 g/mol. The van der Waals surface area contributed by atoms with Gasteiger partial charge in [-0.1, -0.05) is 6.07 Å². The molecular formula is C17H19FN4O2. The Kier molecular flexibility index (Phi) is 5.08. The van der Waals surface area contributed by atoms with Gasteiger partial charge in [0.2, 0.25) is 17.5 Å². The van der Waals surface area contributed by atoms with E-state index in [1.54, 1.807) is 12.1 Å². The van der Waals surface area contributed by atoms with E-state index in [4.69, 9.17) is 9.15 Å². The predicted molar refractivity (Wildman–Crippen MR) is 87.0 cm³/mol. The molecule has 1 aromatic carbocycles. The Hall–Kier alpha value is -2.43. The van der Waals surface area contributed by atoms with Crippen LogP contribution in [0.25, 0.3) is 11.5 Å². The molecule has 1 saturated heterocycles. The first-order valence-corrected chi connectivity index (χ1v) is 7.90. The van der Waals surface area contributed by atoms with Crippen LogP contribution in [0.5, 0.6) is 0 Å². The third-order valence-corrected chi connectivity index (χ3v) is 4.03. The maximum atomic E-state index is 13.3. The van der Waals surface area contributed by atoms with Crippen LogP contribution in [-0.2, 0) is 4.74 Å². The minimum atomic E-state index is -0.375. The van der Waals surface area contributed by atoms with Crippen molar-refractivity contribution in [3.63, 3.8) is 0 Å². The molecule has 1 fully saturated rings. The van der Waals surface area contributed by atoms with Crippen molar-refractivity contribution in [2.75, 3.05) is 38.2 Å². The van der Waals surface area contributed by atoms with E-state index >= 15 is 0 Å². The highest BCUT2D eigenvalue weighted by molar-refractivity contribution is 5.58. The lowest BCUT2D eigenvalue weighted by Crippen LogP contribution is -2.45. The Bertz CT molecular complexity index is 734. The molecule has 1 aliphatic rings. The molecule has 7 heteroatoms. The van der Waals surface area contributed by atoms with E-state index in [1.165, 1.54) is 12.1 Å². The third kappa shape index (κ3) is 3.72. The van der Waals surface area contributed by atoms with Crippen molar-refractivity contribution in [1.82, 2.24) is 9.88 Å². The SMILES string of the molecule is C[C@H](CNc1oc(-c2cccc(F)c2)nc1C#N)N1CCOCC1. The number of benzene rings is 1. The van der Waals surface area contributed by atoms with Gasteiger partial charge in [-0.25, -0.2) is 4.39 Å². The average Bonchev–Trinajstić information content (AvgIpc) is 3.04. The van der Waals surface area contributed by atoms with Crippen LogP contribution in [0, 0.1) is 17.1 Å². The number of aromatic nitrogens is 1. The molecule has 1 aromatic heterocycles. The molecule has 24 heavy (non-hydrogen) atoms. The van der Waals surface area contributed by atoms with Crippen LogP contribution in [0.15, 0.2) is 28.7 Å². The maximum Gasteiger partial charge on any atom is 0.232 e. The summed E-state index contributed by atoms with van der Waals surface area (Å²) in [6.45, 7) is 5.97. The summed E-state index contributed by atoms with van der Waals surface area (Å²) < 4.78 is 24.3. The zero-order chi connectivity index (χ0) is 16.9. The number of nitrogens with one attached hydrogen (secondary N) is 1. The molecule has 2 aromatic rings. The molecule has 0 spiro atoms. The number of morpholine rings is 1. The molecule has 2 heterocycles. The molecular weight excluding hydrogens is 311 g/mol. The van der Waals surface area contributed by atoms with E-state index in [2.05, 4.69) is 22.1 Å². The first kappa shape index (κ1) is 16.4. The van der Waals surface area contributed by atoms with Crippen molar-refractivity contribution in [2.45, 2.75) is 13.0 Å². The second-order valence-electron chi connectivity index (χ2n) is 5.70. The van der Waals surface area contributed by atoms with Crippen LogP contribution in [0.4, 0.5) is 10.3 Å². The molecule has 1 aliphatic heterocycles. The smallest absolute Gasteiger partial charge is 0.232 e. The predicted octanol–water partition coefficient (Wildman–Crippen LogP) is 2.48. The van der Waals surface area contributed by atoms with Gasteiger partial charge in [-0.2, -0.15) is 10.2 Å². The topological polar surface area (TPSA) is 74.3 Å². The zero-order valence-corrected chi connectivity index (χ0v) is 13.5. The van der Waals surface area contributed by atoms with E-state index in [0.717, 1.165) is 26.3 Å². The Morgan fingerprint density at radius 1 is 1.42 bits per heavy atom. The zero-order valence-electron chi connectivity index (χ0n) is 13.5. The number of hydrogen-bond acceptors (Lipinski definition) is 6. The number of rotatable bonds is 5. The van der Waals surface area contributed by atoms with Gasteiger partial charge in [0, 0.05) is 31.2 Å². The maximum absolute atomic E-state index is 13.3. The van der Waals surface area contributed by atoms with Gasteiger partial charge in [-0.15, -0.1) is 0 Å². The second kappa shape index (κ2) is 7.43. The Labute approximate surface area is 139 Å². The summed E-state index contributed by atoms with van der Waals surface area (Å²) in [5.41, 5.74) is 0.671. The van der Waals surface area contributed by atoms with E-state index in [-0.39, 0.29) is 23.4 Å². The molecule has 3 rings (SSSR count). The molecule has 1 N–H and O–H groups in total. The highest BCUT2D eigenvalue weighted by atomic mass is 19.1. The van der Waals surface area contributed by atoms with Crippen molar-refractivity contribution in [1.29, 1.82) is 5.26 Å². The fourth-order valence-corrected chi connectivity index (χ4v) is 2.65. The van der Waals surface area contributed by atoms with Crippen LogP contribution in [0.3, 0.4) is 0 Å². The Balaban J connectivity index is 1.70. The fourth-order valence-electron chi connectivity index (χ4n) is 2.65. The summed E-state index contributed by atoms with van der Waals surface area (Å²) in [5.74, 6) is 0.170. The van der Waals surface area contributed by atoms with Crippen molar-refractivity contribution in [3.8, 4) is 17.5 Å². The van der Waals surface area contributed by atoms with Gasteiger partial charge in [0.15, 0.2) is 0 Å². The minimum Gasteiger partial charge on any atom is -0.419 e. The minimum absolute atomic E-state index is 0.170. The lowest BCUT2D eigenvalue weighted by molar-refractivity contribution is 0.0226. The average molecular weight is 330 g/mol. The molecule has 0 radical (unpaired) electrons. The number of halogens is 1. The molecule has 6 nitrogen and oxygen atoms in total. The highest BCUT2D eigenvalue weighted by Gasteiger charge is 2.19. The van der Waals surface area contributed by atoms with E-state index in [9.17, 15) is 9.65 Å². The van der Waals surface area contributed by atoms with Crippen LogP contribution in [0.2, 0.25) is 0 Å². The lowest BCUT2D eigenvalue weighted by Gasteiger charge is -2.32. The van der Waals surface area contributed by atoms with Gasteiger partial charge in [0.25, 0.3) is 0 Å². The van der Waals surface area contributed by atoms with Gasteiger partial charge in [0.1, 0.15) is 11.9 Å². The van der Waals surface area contributed by atoms with Crippen molar-refractivity contribution < 1.29 is 13.5 Å². The molecule has 0 aliphatic carbocycles. The molecule has 0 saturated carbocycles. The summed E-state index contributed by atoms with van der Waals surface area (Å²) >= 11 is 0. The summed E-state index contributed by atoms with van der Waals surface area (Å²) in [7, 11) is 0. The van der Waals surface area contributed by atoms with E-state index < -0.39 is 0 Å². The lowest BCUT2D eigenvalue weighted by atomic mass is 10.2. The fraction of sp³-hybridized carbons (Fsp3) is 0.412. The van der Waals surface area contributed by atoms with Gasteiger partial charge in [-0.3, -0.25) is 4.90 Å². The molecule has 126 valence electrons. The number of ether oxygens (including phenoxy) is 1. The number of anilines is 1. The molecule has 0 unspecified atom stereocenters. The molecule has 0 amide bonds. The van der Waals surface area contributed by atoms with Crippen LogP contribution < -0.4 is 5.32 Å². The first-order chi connectivity index (χ1) is 11.7. The van der Waals surface area contributed by atoms with E-state index in [1.807, 2.05) is 6.07 Å². The highest BCUT2D eigenvalue weighted by Crippen LogP contribution is 2.25. The van der Waals surface area contributed by atoms with Crippen molar-refractivity contribution in [3.05, 3.63) is 35.8 Å². The summed E-state index contributed by atoms with van der Waals surface area (Å²) in [5, 5.41) is 12.4. The van der Waals surface area contributed by atoms with Gasteiger partial charge in [0.05, 0.1) is 13.2 Å². The van der Waals surface area contributed by atoms with Crippen molar-refractivity contribution in [2.24, 2.45) is 0 Å².